The molecule has 0 aliphatic carbocycles. The lowest BCUT2D eigenvalue weighted by molar-refractivity contribution is 0.181. The average molecular weight is 386 g/mol. The molecule has 1 amide bonds. The van der Waals surface area contributed by atoms with E-state index in [1.165, 1.54) is 0 Å². The number of ether oxygens (including phenoxy) is 2. The van der Waals surface area contributed by atoms with Gasteiger partial charge < -0.3 is 24.5 Å². The highest BCUT2D eigenvalue weighted by atomic mass is 16.6. The van der Waals surface area contributed by atoms with E-state index in [4.69, 9.17) is 13.9 Å². The maximum absolute atomic E-state index is 11.6. The van der Waals surface area contributed by atoms with E-state index in [9.17, 15) is 4.79 Å². The summed E-state index contributed by atoms with van der Waals surface area (Å²) in [6, 6.07) is 11.6. The Labute approximate surface area is 164 Å². The van der Waals surface area contributed by atoms with Gasteiger partial charge in [0.25, 0.3) is 0 Å². The van der Waals surface area contributed by atoms with Gasteiger partial charge in [-0.25, -0.2) is 9.79 Å². The largest absolute Gasteiger partial charge is 0.469 e. The molecule has 0 atom stereocenters. The van der Waals surface area contributed by atoms with Crippen molar-refractivity contribution < 1.29 is 18.7 Å². The van der Waals surface area contributed by atoms with Crippen LogP contribution >= 0.6 is 0 Å². The number of aliphatic imine (C=N–C) groups is 1. The van der Waals surface area contributed by atoms with Gasteiger partial charge in [0.1, 0.15) is 12.4 Å². The molecular formula is C20H26N4O4. The Morgan fingerprint density at radius 1 is 1.21 bits per heavy atom. The highest BCUT2D eigenvalue weighted by molar-refractivity contribution is 5.89. The number of rotatable bonds is 9. The monoisotopic (exact) mass is 386 g/mol. The van der Waals surface area contributed by atoms with Crippen LogP contribution in [0.15, 0.2) is 52.1 Å². The first-order valence-electron chi connectivity index (χ1n) is 9.33. The second-order valence-corrected chi connectivity index (χ2v) is 6.27. The van der Waals surface area contributed by atoms with Crippen LogP contribution < -0.4 is 15.5 Å². The summed E-state index contributed by atoms with van der Waals surface area (Å²) in [4.78, 5) is 17.9. The number of anilines is 1. The zero-order valence-corrected chi connectivity index (χ0v) is 16.0. The third-order valence-electron chi connectivity index (χ3n) is 4.27. The van der Waals surface area contributed by atoms with Crippen LogP contribution in [0.2, 0.25) is 0 Å². The van der Waals surface area contributed by atoms with Crippen molar-refractivity contribution in [3.8, 4) is 0 Å². The molecule has 8 nitrogen and oxygen atoms in total. The van der Waals surface area contributed by atoms with E-state index in [0.29, 0.717) is 39.4 Å². The Balaban J connectivity index is 1.55. The Hall–Kier alpha value is -3.00. The lowest BCUT2D eigenvalue weighted by atomic mass is 10.2. The number of nitrogens with zero attached hydrogens (tertiary/aromatic N) is 2. The van der Waals surface area contributed by atoms with E-state index in [1.54, 1.807) is 18.3 Å². The SMILES string of the molecule is COCCNC(=NCc1ccc(N2CCOC2=O)cc1)NCCc1ccco1. The number of amides is 1. The number of furan rings is 1. The molecule has 0 radical (unpaired) electrons. The van der Waals surface area contributed by atoms with Crippen molar-refractivity contribution in [1.82, 2.24) is 10.6 Å². The standard InChI is InChI=1S/C20H26N4O4/c1-26-13-10-22-19(21-9-8-18-3-2-12-27-18)23-15-16-4-6-17(7-5-16)24-11-14-28-20(24)25/h2-7,12H,8-11,13-15H2,1H3,(H2,21,22,23). The third kappa shape index (κ3) is 5.75. The molecule has 2 aromatic rings. The lowest BCUT2D eigenvalue weighted by Gasteiger charge is -2.13. The topological polar surface area (TPSA) is 88.3 Å². The summed E-state index contributed by atoms with van der Waals surface area (Å²) < 4.78 is 15.4. The molecule has 8 heteroatoms. The number of cyclic esters (lactones) is 1. The number of hydrogen-bond donors (Lipinski definition) is 2. The van der Waals surface area contributed by atoms with Gasteiger partial charge >= 0.3 is 6.09 Å². The number of carbonyl (C=O) groups is 1. The van der Waals surface area contributed by atoms with Gasteiger partial charge in [-0.2, -0.15) is 0 Å². The first kappa shape index (κ1) is 19.8. The predicted molar refractivity (Wildman–Crippen MR) is 107 cm³/mol. The number of nitrogens with one attached hydrogen (secondary N) is 2. The number of guanidine groups is 1. The van der Waals surface area contributed by atoms with Crippen LogP contribution in [-0.2, 0) is 22.4 Å². The summed E-state index contributed by atoms with van der Waals surface area (Å²) in [7, 11) is 1.67. The molecule has 0 bridgehead atoms. The maximum atomic E-state index is 11.6. The second-order valence-electron chi connectivity index (χ2n) is 6.27. The summed E-state index contributed by atoms with van der Waals surface area (Å²) in [6.45, 7) is 3.52. The minimum Gasteiger partial charge on any atom is -0.469 e. The molecule has 2 heterocycles. The fourth-order valence-corrected chi connectivity index (χ4v) is 2.78. The minimum atomic E-state index is -0.295. The van der Waals surface area contributed by atoms with Crippen molar-refractivity contribution in [1.29, 1.82) is 0 Å². The van der Waals surface area contributed by atoms with Crippen LogP contribution in [0.3, 0.4) is 0 Å². The van der Waals surface area contributed by atoms with Crippen LogP contribution in [0.5, 0.6) is 0 Å². The molecule has 1 aromatic heterocycles. The molecular weight excluding hydrogens is 360 g/mol. The Morgan fingerprint density at radius 2 is 2.04 bits per heavy atom. The van der Waals surface area contributed by atoms with Gasteiger partial charge in [-0.15, -0.1) is 0 Å². The van der Waals surface area contributed by atoms with E-state index < -0.39 is 0 Å². The summed E-state index contributed by atoms with van der Waals surface area (Å²) in [5.41, 5.74) is 1.89. The first-order valence-corrected chi connectivity index (χ1v) is 9.33. The van der Waals surface area contributed by atoms with E-state index in [-0.39, 0.29) is 6.09 Å². The van der Waals surface area contributed by atoms with Gasteiger partial charge in [-0.3, -0.25) is 4.90 Å². The fourth-order valence-electron chi connectivity index (χ4n) is 2.78. The van der Waals surface area contributed by atoms with Crippen LogP contribution in [-0.4, -0.2) is 52.0 Å². The third-order valence-corrected chi connectivity index (χ3v) is 4.27. The summed E-state index contributed by atoms with van der Waals surface area (Å²) >= 11 is 0. The molecule has 28 heavy (non-hydrogen) atoms. The zero-order valence-electron chi connectivity index (χ0n) is 16.0. The van der Waals surface area contributed by atoms with Crippen LogP contribution in [0.4, 0.5) is 10.5 Å². The molecule has 1 aromatic carbocycles. The molecule has 0 spiro atoms. The van der Waals surface area contributed by atoms with E-state index in [1.807, 2.05) is 36.4 Å². The van der Waals surface area contributed by atoms with Crippen molar-refractivity contribution in [3.63, 3.8) is 0 Å². The summed E-state index contributed by atoms with van der Waals surface area (Å²) in [5, 5.41) is 6.55. The molecule has 2 N–H and O–H groups in total. The zero-order chi connectivity index (χ0) is 19.6. The quantitative estimate of drug-likeness (QED) is 0.390. The smallest absolute Gasteiger partial charge is 0.414 e. The predicted octanol–water partition coefficient (Wildman–Crippen LogP) is 2.16. The molecule has 150 valence electrons. The van der Waals surface area contributed by atoms with Crippen molar-refractivity contribution >= 4 is 17.7 Å². The number of benzene rings is 1. The van der Waals surface area contributed by atoms with Gasteiger partial charge in [0.2, 0.25) is 0 Å². The number of carbonyl (C=O) groups excluding carboxylic acids is 1. The first-order chi connectivity index (χ1) is 13.8. The van der Waals surface area contributed by atoms with Gasteiger partial charge in [-0.1, -0.05) is 12.1 Å². The second kappa shape index (κ2) is 10.4. The molecule has 1 aliphatic heterocycles. The molecule has 0 unspecified atom stereocenters. The van der Waals surface area contributed by atoms with Crippen molar-refractivity contribution in [2.45, 2.75) is 13.0 Å². The highest BCUT2D eigenvalue weighted by Gasteiger charge is 2.23. The summed E-state index contributed by atoms with van der Waals surface area (Å²) in [5.74, 6) is 1.65. The fraction of sp³-hybridized carbons (Fsp3) is 0.400. The molecule has 3 rings (SSSR count). The van der Waals surface area contributed by atoms with E-state index in [0.717, 1.165) is 29.4 Å². The normalized spacial score (nSPS) is 14.2. The van der Waals surface area contributed by atoms with Crippen LogP contribution in [0.25, 0.3) is 0 Å². The molecule has 1 aliphatic rings. The van der Waals surface area contributed by atoms with Crippen LogP contribution in [0.1, 0.15) is 11.3 Å². The number of methoxy groups -OCH3 is 1. The minimum absolute atomic E-state index is 0.295. The van der Waals surface area contributed by atoms with Gasteiger partial charge in [-0.05, 0) is 29.8 Å². The molecule has 1 saturated heterocycles. The number of hydrogen-bond acceptors (Lipinski definition) is 5. The molecule has 0 saturated carbocycles. The Bertz CT molecular complexity index is 759. The summed E-state index contributed by atoms with van der Waals surface area (Å²) in [6.07, 6.45) is 2.15. The lowest BCUT2D eigenvalue weighted by Crippen LogP contribution is -2.40. The van der Waals surface area contributed by atoms with Crippen molar-refractivity contribution in [2.24, 2.45) is 4.99 Å². The van der Waals surface area contributed by atoms with E-state index >= 15 is 0 Å². The maximum Gasteiger partial charge on any atom is 0.414 e. The van der Waals surface area contributed by atoms with Gasteiger partial charge in [0, 0.05) is 32.3 Å². The Kier molecular flexibility index (Phi) is 7.31. The van der Waals surface area contributed by atoms with Crippen LogP contribution in [0, 0.1) is 0 Å². The Morgan fingerprint density at radius 3 is 2.71 bits per heavy atom. The van der Waals surface area contributed by atoms with Gasteiger partial charge in [0.05, 0.1) is 26.0 Å². The highest BCUT2D eigenvalue weighted by Crippen LogP contribution is 2.19. The van der Waals surface area contributed by atoms with Crippen molar-refractivity contribution in [2.75, 3.05) is 44.9 Å². The molecule has 1 fully saturated rings. The van der Waals surface area contributed by atoms with E-state index in [2.05, 4.69) is 15.6 Å². The average Bonchev–Trinajstić information content (AvgIpc) is 3.38. The van der Waals surface area contributed by atoms with Gasteiger partial charge in [0.15, 0.2) is 5.96 Å². The van der Waals surface area contributed by atoms with Crippen molar-refractivity contribution in [3.05, 3.63) is 54.0 Å².